The van der Waals surface area contributed by atoms with E-state index in [2.05, 4.69) is 29.1 Å². The van der Waals surface area contributed by atoms with Crippen LogP contribution in [0.2, 0.25) is 0 Å². The zero-order valence-electron chi connectivity index (χ0n) is 10.6. The molecule has 96 valence electrons. The number of rotatable bonds is 6. The first kappa shape index (κ1) is 14.0. The molecule has 1 aromatic rings. The predicted molar refractivity (Wildman–Crippen MR) is 70.0 cm³/mol. The van der Waals surface area contributed by atoms with Gasteiger partial charge in [-0.1, -0.05) is 25.2 Å². The topological polar surface area (TPSA) is 51.2 Å². The van der Waals surface area contributed by atoms with E-state index in [1.54, 1.807) is 18.5 Å². The van der Waals surface area contributed by atoms with Gasteiger partial charge in [0.15, 0.2) is 0 Å². The van der Waals surface area contributed by atoms with Crippen LogP contribution in [0.25, 0.3) is 0 Å². The molecule has 0 aliphatic heterocycles. The third-order valence-corrected chi connectivity index (χ3v) is 2.20. The Morgan fingerprint density at radius 3 is 3.11 bits per heavy atom. The molecule has 0 bridgehead atoms. The molecule has 4 heteroatoms. The Balaban J connectivity index is 2.10. The fraction of sp³-hybridized carbons (Fsp3) is 0.429. The highest BCUT2D eigenvalue weighted by Crippen LogP contribution is 2.04. The third-order valence-electron chi connectivity index (χ3n) is 2.20. The number of carbonyl (C=O) groups excluding carboxylic acids is 1. The van der Waals surface area contributed by atoms with E-state index in [1.165, 1.54) is 0 Å². The summed E-state index contributed by atoms with van der Waals surface area (Å²) in [6, 6.07) is 3.62. The van der Waals surface area contributed by atoms with Gasteiger partial charge in [-0.15, -0.1) is 0 Å². The summed E-state index contributed by atoms with van der Waals surface area (Å²) in [5, 5.41) is 2.74. The lowest BCUT2D eigenvalue weighted by Gasteiger charge is -2.00. The zero-order valence-corrected chi connectivity index (χ0v) is 10.6. The van der Waals surface area contributed by atoms with E-state index in [0.717, 1.165) is 12.8 Å². The van der Waals surface area contributed by atoms with Gasteiger partial charge < -0.3 is 10.1 Å². The number of nitrogens with zero attached hydrogens (tertiary/aromatic N) is 1. The van der Waals surface area contributed by atoms with Crippen LogP contribution in [0.4, 0.5) is 0 Å². The van der Waals surface area contributed by atoms with Crippen molar-refractivity contribution in [2.75, 3.05) is 13.2 Å². The summed E-state index contributed by atoms with van der Waals surface area (Å²) < 4.78 is 5.33. The fourth-order valence-electron chi connectivity index (χ4n) is 1.23. The Bertz CT molecular complexity index is 407. The summed E-state index contributed by atoms with van der Waals surface area (Å²) in [5.41, 5.74) is 0. The van der Waals surface area contributed by atoms with Gasteiger partial charge >= 0.3 is 0 Å². The second-order valence-corrected chi connectivity index (χ2v) is 3.71. The van der Waals surface area contributed by atoms with Crippen molar-refractivity contribution < 1.29 is 9.53 Å². The first-order valence-corrected chi connectivity index (χ1v) is 6.08. The molecule has 0 spiro atoms. The molecule has 18 heavy (non-hydrogen) atoms. The number of hydrogen-bond acceptors (Lipinski definition) is 3. The van der Waals surface area contributed by atoms with E-state index >= 15 is 0 Å². The van der Waals surface area contributed by atoms with Gasteiger partial charge in [0.1, 0.15) is 12.4 Å². The fourth-order valence-corrected chi connectivity index (χ4v) is 1.23. The molecule has 1 amide bonds. The highest BCUT2D eigenvalue weighted by Gasteiger charge is 1.96. The number of unbranched alkanes of at least 4 members (excludes halogenated alkanes) is 1. The van der Waals surface area contributed by atoms with Crippen LogP contribution < -0.4 is 10.1 Å². The van der Waals surface area contributed by atoms with Crippen LogP contribution in [0.1, 0.15) is 26.2 Å². The lowest BCUT2D eigenvalue weighted by molar-refractivity contribution is -0.120. The summed E-state index contributed by atoms with van der Waals surface area (Å²) in [7, 11) is 0. The van der Waals surface area contributed by atoms with Crippen molar-refractivity contribution in [1.29, 1.82) is 0 Å². The lowest BCUT2D eigenvalue weighted by Crippen LogP contribution is -2.23. The molecule has 0 atom stereocenters. The molecule has 0 unspecified atom stereocenters. The molecule has 0 saturated heterocycles. The molecule has 0 fully saturated rings. The van der Waals surface area contributed by atoms with Crippen LogP contribution in [0, 0.1) is 11.8 Å². The summed E-state index contributed by atoms with van der Waals surface area (Å²) in [6.07, 6.45) is 5.84. The molecule has 1 heterocycles. The summed E-state index contributed by atoms with van der Waals surface area (Å²) in [4.78, 5) is 15.2. The number of pyridine rings is 1. The molecule has 0 saturated carbocycles. The van der Waals surface area contributed by atoms with Crippen molar-refractivity contribution in [3.63, 3.8) is 0 Å². The van der Waals surface area contributed by atoms with E-state index in [4.69, 9.17) is 4.74 Å². The van der Waals surface area contributed by atoms with Crippen LogP contribution >= 0.6 is 0 Å². The average molecular weight is 246 g/mol. The Morgan fingerprint density at radius 1 is 1.50 bits per heavy atom. The first-order chi connectivity index (χ1) is 8.83. The minimum absolute atomic E-state index is 0.0549. The maximum absolute atomic E-state index is 11.2. The SMILES string of the molecule is CCCCC(=O)NCC#CCOc1cccnc1. The molecular formula is C14H18N2O2. The number of ether oxygens (including phenoxy) is 1. The molecule has 0 aliphatic carbocycles. The Hall–Kier alpha value is -2.02. The Labute approximate surface area is 108 Å². The summed E-state index contributed by atoms with van der Waals surface area (Å²) in [5.74, 6) is 6.41. The number of carbonyl (C=O) groups is 1. The van der Waals surface area contributed by atoms with Gasteiger partial charge in [0.25, 0.3) is 0 Å². The van der Waals surface area contributed by atoms with Crippen molar-refractivity contribution in [1.82, 2.24) is 10.3 Å². The van der Waals surface area contributed by atoms with Gasteiger partial charge in [0.2, 0.25) is 5.91 Å². The van der Waals surface area contributed by atoms with Gasteiger partial charge in [-0.25, -0.2) is 0 Å². The molecule has 0 aliphatic rings. The maximum atomic E-state index is 11.2. The summed E-state index contributed by atoms with van der Waals surface area (Å²) >= 11 is 0. The largest absolute Gasteiger partial charge is 0.479 e. The van der Waals surface area contributed by atoms with Crippen LogP contribution in [0.5, 0.6) is 5.75 Å². The smallest absolute Gasteiger partial charge is 0.220 e. The van der Waals surface area contributed by atoms with E-state index in [9.17, 15) is 4.79 Å². The predicted octanol–water partition coefficient (Wildman–Crippen LogP) is 1.77. The number of nitrogens with one attached hydrogen (secondary N) is 1. The number of aromatic nitrogens is 1. The molecule has 0 radical (unpaired) electrons. The van der Waals surface area contributed by atoms with Gasteiger partial charge in [-0.05, 0) is 18.6 Å². The average Bonchev–Trinajstić information content (AvgIpc) is 2.41. The summed E-state index contributed by atoms with van der Waals surface area (Å²) in [6.45, 7) is 2.73. The van der Waals surface area contributed by atoms with E-state index in [0.29, 0.717) is 25.3 Å². The lowest BCUT2D eigenvalue weighted by atomic mass is 10.2. The van der Waals surface area contributed by atoms with Crippen molar-refractivity contribution >= 4 is 5.91 Å². The van der Waals surface area contributed by atoms with Crippen LogP contribution in [0.15, 0.2) is 24.5 Å². The molecule has 0 aromatic carbocycles. The molecule has 4 nitrogen and oxygen atoms in total. The Morgan fingerprint density at radius 2 is 2.39 bits per heavy atom. The third kappa shape index (κ3) is 6.54. The monoisotopic (exact) mass is 246 g/mol. The molecule has 1 aromatic heterocycles. The van der Waals surface area contributed by atoms with Gasteiger partial charge in [0.05, 0.1) is 12.7 Å². The van der Waals surface area contributed by atoms with Crippen molar-refractivity contribution in [3.05, 3.63) is 24.5 Å². The molecule has 1 rings (SSSR count). The Kier molecular flexibility index (Phi) is 7.07. The zero-order chi connectivity index (χ0) is 13.1. The van der Waals surface area contributed by atoms with Crippen LogP contribution in [-0.4, -0.2) is 24.0 Å². The van der Waals surface area contributed by atoms with Gasteiger partial charge in [0, 0.05) is 12.6 Å². The molecular weight excluding hydrogens is 228 g/mol. The number of amides is 1. The second-order valence-electron chi connectivity index (χ2n) is 3.71. The van der Waals surface area contributed by atoms with E-state index in [-0.39, 0.29) is 5.91 Å². The normalized spacial score (nSPS) is 9.17. The minimum Gasteiger partial charge on any atom is -0.479 e. The van der Waals surface area contributed by atoms with Crippen molar-refractivity contribution in [2.45, 2.75) is 26.2 Å². The van der Waals surface area contributed by atoms with Crippen LogP contribution in [0.3, 0.4) is 0 Å². The van der Waals surface area contributed by atoms with Gasteiger partial charge in [-0.2, -0.15) is 0 Å². The first-order valence-electron chi connectivity index (χ1n) is 6.08. The second kappa shape index (κ2) is 9.06. The van der Waals surface area contributed by atoms with Crippen molar-refractivity contribution in [3.8, 4) is 17.6 Å². The standard InChI is InChI=1S/C14H18N2O2/c1-2-3-8-14(17)16-10-4-5-11-18-13-7-6-9-15-12-13/h6-7,9,12H,2-3,8,10-11H2,1H3,(H,16,17). The maximum Gasteiger partial charge on any atom is 0.220 e. The van der Waals surface area contributed by atoms with Crippen LogP contribution in [-0.2, 0) is 4.79 Å². The molecule has 1 N–H and O–H groups in total. The minimum atomic E-state index is 0.0549. The van der Waals surface area contributed by atoms with E-state index in [1.807, 2.05) is 6.07 Å². The highest BCUT2D eigenvalue weighted by atomic mass is 16.5. The highest BCUT2D eigenvalue weighted by molar-refractivity contribution is 5.76. The van der Waals surface area contributed by atoms with E-state index < -0.39 is 0 Å². The quantitative estimate of drug-likeness (QED) is 0.778. The number of hydrogen-bond donors (Lipinski definition) is 1. The van der Waals surface area contributed by atoms with Crippen molar-refractivity contribution in [2.24, 2.45) is 0 Å². The van der Waals surface area contributed by atoms with Gasteiger partial charge in [-0.3, -0.25) is 9.78 Å².